The summed E-state index contributed by atoms with van der Waals surface area (Å²) in [5.41, 5.74) is 3.13. The predicted octanol–water partition coefficient (Wildman–Crippen LogP) is 2.03. The highest BCUT2D eigenvalue weighted by Crippen LogP contribution is 2.19. The van der Waals surface area contributed by atoms with E-state index in [1.807, 2.05) is 0 Å². The Labute approximate surface area is 95.9 Å². The molecule has 0 aliphatic rings. The van der Waals surface area contributed by atoms with Crippen LogP contribution in [0.2, 0.25) is 0 Å². The molecule has 0 spiro atoms. The second-order valence-corrected chi connectivity index (χ2v) is 3.05. The van der Waals surface area contributed by atoms with Crippen LogP contribution in [0.1, 0.15) is 5.56 Å². The van der Waals surface area contributed by atoms with Gasteiger partial charge in [0.15, 0.2) is 0 Å². The maximum Gasteiger partial charge on any atom is 0.313 e. The first kappa shape index (κ1) is 10.8. The molecule has 0 saturated heterocycles. The fraction of sp³-hybridized carbons (Fsp3) is 0. The Morgan fingerprint density at radius 3 is 3.12 bits per heavy atom. The van der Waals surface area contributed by atoms with E-state index in [4.69, 9.17) is 4.42 Å². The Balaban J connectivity index is 2.11. The maximum atomic E-state index is 10.7. The van der Waals surface area contributed by atoms with Gasteiger partial charge in [-0.05, 0) is 12.1 Å². The summed E-state index contributed by atoms with van der Waals surface area (Å²) in [5.74, 6) is 0.0947. The first-order chi connectivity index (χ1) is 8.27. The van der Waals surface area contributed by atoms with Gasteiger partial charge in [0.2, 0.25) is 5.82 Å². The van der Waals surface area contributed by atoms with E-state index >= 15 is 0 Å². The Hall–Kier alpha value is -2.70. The molecule has 0 saturated carbocycles. The number of hydrogen-bond donors (Lipinski definition) is 1. The quantitative estimate of drug-likeness (QED) is 0.494. The van der Waals surface area contributed by atoms with Crippen molar-refractivity contribution in [1.82, 2.24) is 4.98 Å². The molecule has 0 amide bonds. The first-order valence-electron chi connectivity index (χ1n) is 4.68. The Morgan fingerprint density at radius 2 is 2.41 bits per heavy atom. The van der Waals surface area contributed by atoms with E-state index in [0.717, 1.165) is 5.56 Å². The van der Waals surface area contributed by atoms with E-state index in [-0.39, 0.29) is 11.5 Å². The van der Waals surface area contributed by atoms with Gasteiger partial charge in [0.25, 0.3) is 0 Å². The molecular formula is C10H8N4O3. The van der Waals surface area contributed by atoms with Crippen molar-refractivity contribution in [2.24, 2.45) is 5.10 Å². The summed E-state index contributed by atoms with van der Waals surface area (Å²) >= 11 is 0. The summed E-state index contributed by atoms with van der Waals surface area (Å²) in [4.78, 5) is 14.0. The second kappa shape index (κ2) is 4.88. The summed E-state index contributed by atoms with van der Waals surface area (Å²) in [7, 11) is 0. The van der Waals surface area contributed by atoms with Gasteiger partial charge in [0, 0.05) is 17.8 Å². The highest BCUT2D eigenvalue weighted by molar-refractivity contribution is 5.79. The molecule has 1 N–H and O–H groups in total. The van der Waals surface area contributed by atoms with Crippen LogP contribution in [-0.2, 0) is 0 Å². The molecule has 2 aromatic heterocycles. The van der Waals surface area contributed by atoms with Crippen molar-refractivity contribution in [1.29, 1.82) is 0 Å². The molecule has 7 heteroatoms. The second-order valence-electron chi connectivity index (χ2n) is 3.05. The lowest BCUT2D eigenvalue weighted by atomic mass is 10.4. The number of anilines is 1. The van der Waals surface area contributed by atoms with E-state index in [0.29, 0.717) is 0 Å². The van der Waals surface area contributed by atoms with Gasteiger partial charge in [-0.25, -0.2) is 4.98 Å². The largest absolute Gasteiger partial charge is 0.472 e. The minimum atomic E-state index is -0.525. The third-order valence-corrected chi connectivity index (χ3v) is 1.91. The molecule has 2 heterocycles. The number of hydrazone groups is 1. The Bertz CT molecular complexity index is 536. The summed E-state index contributed by atoms with van der Waals surface area (Å²) < 4.78 is 4.84. The summed E-state index contributed by atoms with van der Waals surface area (Å²) in [6, 6.07) is 4.55. The van der Waals surface area contributed by atoms with Crippen LogP contribution in [0.4, 0.5) is 11.5 Å². The zero-order valence-corrected chi connectivity index (χ0v) is 8.61. The molecule has 2 rings (SSSR count). The van der Waals surface area contributed by atoms with Crippen LogP contribution in [0, 0.1) is 10.1 Å². The molecule has 17 heavy (non-hydrogen) atoms. The smallest absolute Gasteiger partial charge is 0.313 e. The van der Waals surface area contributed by atoms with Gasteiger partial charge in [-0.2, -0.15) is 5.10 Å². The van der Waals surface area contributed by atoms with Crippen LogP contribution in [0.3, 0.4) is 0 Å². The highest BCUT2D eigenvalue weighted by atomic mass is 16.6. The molecule has 0 aliphatic heterocycles. The minimum Gasteiger partial charge on any atom is -0.472 e. The predicted molar refractivity (Wildman–Crippen MR) is 60.8 cm³/mol. The molecule has 0 aliphatic carbocycles. The number of pyridine rings is 1. The molecule has 7 nitrogen and oxygen atoms in total. The lowest BCUT2D eigenvalue weighted by molar-refractivity contribution is -0.384. The van der Waals surface area contributed by atoms with Gasteiger partial charge in [-0.15, -0.1) is 0 Å². The lowest BCUT2D eigenvalue weighted by Crippen LogP contribution is -1.98. The highest BCUT2D eigenvalue weighted by Gasteiger charge is 2.12. The van der Waals surface area contributed by atoms with Crippen molar-refractivity contribution >= 4 is 17.7 Å². The van der Waals surface area contributed by atoms with Crippen LogP contribution in [0.5, 0.6) is 0 Å². The Morgan fingerprint density at radius 1 is 1.53 bits per heavy atom. The monoisotopic (exact) mass is 232 g/mol. The number of aromatic nitrogens is 1. The van der Waals surface area contributed by atoms with E-state index in [1.165, 1.54) is 37.1 Å². The van der Waals surface area contributed by atoms with Crippen molar-refractivity contribution in [3.8, 4) is 0 Å². The van der Waals surface area contributed by atoms with E-state index in [9.17, 15) is 10.1 Å². The fourth-order valence-corrected chi connectivity index (χ4v) is 1.15. The molecule has 0 fully saturated rings. The van der Waals surface area contributed by atoms with Crippen molar-refractivity contribution in [3.63, 3.8) is 0 Å². The zero-order chi connectivity index (χ0) is 12.1. The van der Waals surface area contributed by atoms with Gasteiger partial charge in [-0.1, -0.05) is 0 Å². The topological polar surface area (TPSA) is 93.6 Å². The summed E-state index contributed by atoms with van der Waals surface area (Å²) in [6.07, 6.45) is 5.92. The zero-order valence-electron chi connectivity index (χ0n) is 8.61. The van der Waals surface area contributed by atoms with Crippen LogP contribution in [0.15, 0.2) is 46.4 Å². The van der Waals surface area contributed by atoms with Gasteiger partial charge in [-0.3, -0.25) is 15.5 Å². The normalized spacial score (nSPS) is 10.6. The van der Waals surface area contributed by atoms with Crippen LogP contribution in [0.25, 0.3) is 0 Å². The SMILES string of the molecule is O=[N+]([O-])c1cccnc1N/N=C\c1ccoc1. The molecule has 0 atom stereocenters. The van der Waals surface area contributed by atoms with Gasteiger partial charge in [0.1, 0.15) is 0 Å². The maximum absolute atomic E-state index is 10.7. The average Bonchev–Trinajstić information content (AvgIpc) is 2.82. The van der Waals surface area contributed by atoms with Crippen molar-refractivity contribution in [3.05, 3.63) is 52.6 Å². The van der Waals surface area contributed by atoms with Gasteiger partial charge in [0.05, 0.1) is 23.7 Å². The van der Waals surface area contributed by atoms with Gasteiger partial charge < -0.3 is 4.42 Å². The summed E-state index contributed by atoms with van der Waals surface area (Å²) in [6.45, 7) is 0. The number of nitrogens with zero attached hydrogens (tertiary/aromatic N) is 3. The molecule has 0 radical (unpaired) electrons. The van der Waals surface area contributed by atoms with Gasteiger partial charge >= 0.3 is 5.69 Å². The van der Waals surface area contributed by atoms with Crippen LogP contribution >= 0.6 is 0 Å². The number of furan rings is 1. The minimum absolute atomic E-state index is 0.0947. The third kappa shape index (κ3) is 2.65. The van der Waals surface area contributed by atoms with E-state index in [2.05, 4.69) is 15.5 Å². The number of rotatable bonds is 4. The average molecular weight is 232 g/mol. The molecule has 0 aromatic carbocycles. The molecule has 86 valence electrons. The fourth-order valence-electron chi connectivity index (χ4n) is 1.15. The van der Waals surface area contributed by atoms with Crippen molar-refractivity contribution in [2.75, 3.05) is 5.43 Å². The Kier molecular flexibility index (Phi) is 3.10. The molecule has 0 unspecified atom stereocenters. The summed E-state index contributed by atoms with van der Waals surface area (Å²) in [5, 5.41) is 14.5. The van der Waals surface area contributed by atoms with Crippen LogP contribution < -0.4 is 5.43 Å². The standard InChI is InChI=1S/C10H8N4O3/c15-14(16)9-2-1-4-11-10(9)13-12-6-8-3-5-17-7-8/h1-7H,(H,11,13)/b12-6-. The van der Waals surface area contributed by atoms with Crippen molar-refractivity contribution in [2.45, 2.75) is 0 Å². The number of hydrogen-bond acceptors (Lipinski definition) is 6. The van der Waals surface area contributed by atoms with Crippen LogP contribution in [-0.4, -0.2) is 16.1 Å². The van der Waals surface area contributed by atoms with E-state index < -0.39 is 4.92 Å². The first-order valence-corrected chi connectivity index (χ1v) is 4.68. The molecule has 0 bridgehead atoms. The molecular weight excluding hydrogens is 224 g/mol. The van der Waals surface area contributed by atoms with Crippen molar-refractivity contribution < 1.29 is 9.34 Å². The lowest BCUT2D eigenvalue weighted by Gasteiger charge is -1.98. The third-order valence-electron chi connectivity index (χ3n) is 1.91. The number of nitro groups is 1. The van der Waals surface area contributed by atoms with E-state index in [1.54, 1.807) is 6.07 Å². The number of nitrogens with one attached hydrogen (secondary N) is 1. The molecule has 2 aromatic rings.